The maximum atomic E-state index is 5.84. The number of nitrogens with zero attached hydrogens (tertiary/aromatic N) is 2. The molecule has 0 aliphatic heterocycles. The van der Waals surface area contributed by atoms with Crippen molar-refractivity contribution in [3.8, 4) is 11.6 Å². The van der Waals surface area contributed by atoms with Gasteiger partial charge in [0.1, 0.15) is 12.4 Å². The van der Waals surface area contributed by atoms with Crippen LogP contribution in [0, 0.1) is 6.92 Å². The molecule has 2 N–H and O–H groups in total. The lowest BCUT2D eigenvalue weighted by Gasteiger charge is -2.15. The summed E-state index contributed by atoms with van der Waals surface area (Å²) in [4.78, 5) is 8.47. The summed E-state index contributed by atoms with van der Waals surface area (Å²) in [6.45, 7) is 6.88. The Bertz CT molecular complexity index is 765. The van der Waals surface area contributed by atoms with Crippen molar-refractivity contribution >= 4 is 5.96 Å². The predicted octanol–water partition coefficient (Wildman–Crippen LogP) is 2.68. The highest BCUT2D eigenvalue weighted by atomic mass is 16.5. The maximum absolute atomic E-state index is 5.84. The molecule has 1 aromatic heterocycles. The molecule has 0 fully saturated rings. The summed E-state index contributed by atoms with van der Waals surface area (Å²) < 4.78 is 16.3. The maximum Gasteiger partial charge on any atom is 0.213 e. The van der Waals surface area contributed by atoms with E-state index in [1.165, 1.54) is 0 Å². The molecule has 0 amide bonds. The second-order valence-electron chi connectivity index (χ2n) is 6.17. The van der Waals surface area contributed by atoms with Crippen LogP contribution in [-0.4, -0.2) is 44.9 Å². The molecule has 0 radical (unpaired) electrons. The molecule has 7 heteroatoms. The fourth-order valence-electron chi connectivity index (χ4n) is 2.55. The number of pyridine rings is 1. The van der Waals surface area contributed by atoms with E-state index in [9.17, 15) is 0 Å². The molecule has 2 rings (SSSR count). The molecule has 1 heterocycles. The minimum absolute atomic E-state index is 0.518. The first-order valence-corrected chi connectivity index (χ1v) is 9.39. The van der Waals surface area contributed by atoms with Gasteiger partial charge in [-0.2, -0.15) is 0 Å². The molecule has 0 aliphatic carbocycles. The second kappa shape index (κ2) is 11.8. The monoisotopic (exact) mass is 386 g/mol. The van der Waals surface area contributed by atoms with Crippen LogP contribution < -0.4 is 20.1 Å². The van der Waals surface area contributed by atoms with Crippen molar-refractivity contribution < 1.29 is 14.2 Å². The van der Waals surface area contributed by atoms with E-state index >= 15 is 0 Å². The normalized spacial score (nSPS) is 11.2. The number of hydrogen-bond acceptors (Lipinski definition) is 5. The highest BCUT2D eigenvalue weighted by Crippen LogP contribution is 2.20. The molecule has 0 bridgehead atoms. The van der Waals surface area contributed by atoms with Gasteiger partial charge in [-0.3, -0.25) is 4.99 Å². The van der Waals surface area contributed by atoms with Crippen LogP contribution in [0.2, 0.25) is 0 Å². The smallest absolute Gasteiger partial charge is 0.213 e. The van der Waals surface area contributed by atoms with E-state index in [4.69, 9.17) is 14.2 Å². The third kappa shape index (κ3) is 7.08. The predicted molar refractivity (Wildman–Crippen MR) is 111 cm³/mol. The first-order chi connectivity index (χ1) is 13.7. The number of rotatable bonds is 10. The zero-order valence-corrected chi connectivity index (χ0v) is 17.1. The Balaban J connectivity index is 1.92. The number of benzene rings is 1. The lowest BCUT2D eigenvalue weighted by molar-refractivity contribution is 0.145. The molecular weight excluding hydrogens is 356 g/mol. The highest BCUT2D eigenvalue weighted by Gasteiger charge is 2.06. The summed E-state index contributed by atoms with van der Waals surface area (Å²) in [5, 5.41) is 6.63. The highest BCUT2D eigenvalue weighted by molar-refractivity contribution is 5.79. The summed E-state index contributed by atoms with van der Waals surface area (Å²) in [5.41, 5.74) is 3.29. The van der Waals surface area contributed by atoms with Crippen LogP contribution in [0.4, 0.5) is 0 Å². The van der Waals surface area contributed by atoms with E-state index in [2.05, 4.69) is 32.7 Å². The van der Waals surface area contributed by atoms with Gasteiger partial charge < -0.3 is 24.8 Å². The zero-order valence-electron chi connectivity index (χ0n) is 17.1. The fourth-order valence-corrected chi connectivity index (χ4v) is 2.55. The number of nitrogens with one attached hydrogen (secondary N) is 2. The molecule has 0 aliphatic rings. The number of aliphatic imine (C=N–C) groups is 1. The van der Waals surface area contributed by atoms with Gasteiger partial charge in [0.05, 0.1) is 13.2 Å². The molecule has 7 nitrogen and oxygen atoms in total. The average molecular weight is 386 g/mol. The van der Waals surface area contributed by atoms with Gasteiger partial charge in [-0.05, 0) is 37.1 Å². The van der Waals surface area contributed by atoms with Crippen LogP contribution in [-0.2, 0) is 17.8 Å². The van der Waals surface area contributed by atoms with Crippen molar-refractivity contribution in [3.05, 3.63) is 53.2 Å². The third-order valence-electron chi connectivity index (χ3n) is 3.99. The van der Waals surface area contributed by atoms with Crippen LogP contribution in [0.1, 0.15) is 23.6 Å². The van der Waals surface area contributed by atoms with E-state index in [1.54, 1.807) is 20.4 Å². The topological polar surface area (TPSA) is 77.0 Å². The van der Waals surface area contributed by atoms with E-state index in [1.807, 2.05) is 32.0 Å². The van der Waals surface area contributed by atoms with Crippen LogP contribution >= 0.6 is 0 Å². The van der Waals surface area contributed by atoms with Crippen molar-refractivity contribution in [3.63, 3.8) is 0 Å². The number of methoxy groups -OCH3 is 1. The van der Waals surface area contributed by atoms with Crippen LogP contribution in [0.25, 0.3) is 0 Å². The van der Waals surface area contributed by atoms with Crippen molar-refractivity contribution in [2.75, 3.05) is 34.0 Å². The molecule has 0 saturated heterocycles. The van der Waals surface area contributed by atoms with Gasteiger partial charge in [0.15, 0.2) is 5.96 Å². The number of guanidine groups is 1. The van der Waals surface area contributed by atoms with Crippen molar-refractivity contribution in [1.82, 2.24) is 15.6 Å². The van der Waals surface area contributed by atoms with Crippen molar-refractivity contribution in [1.29, 1.82) is 0 Å². The quantitative estimate of drug-likeness (QED) is 0.371. The summed E-state index contributed by atoms with van der Waals surface area (Å²) in [6.07, 6.45) is 1.74. The Kier molecular flexibility index (Phi) is 9.07. The van der Waals surface area contributed by atoms with Crippen LogP contribution in [0.15, 0.2) is 41.5 Å². The third-order valence-corrected chi connectivity index (χ3v) is 3.99. The number of aromatic nitrogens is 1. The van der Waals surface area contributed by atoms with Gasteiger partial charge in [-0.25, -0.2) is 4.98 Å². The first kappa shape index (κ1) is 21.5. The van der Waals surface area contributed by atoms with Gasteiger partial charge >= 0.3 is 0 Å². The summed E-state index contributed by atoms with van der Waals surface area (Å²) in [7, 11) is 3.41. The fraction of sp³-hybridized carbons (Fsp3) is 0.429. The Hall–Kier alpha value is -2.80. The Labute approximate surface area is 167 Å². The molecule has 0 atom stereocenters. The summed E-state index contributed by atoms with van der Waals surface area (Å²) in [6, 6.07) is 10.0. The summed E-state index contributed by atoms with van der Waals surface area (Å²) >= 11 is 0. The molecule has 0 spiro atoms. The zero-order chi connectivity index (χ0) is 20.2. The molecule has 28 heavy (non-hydrogen) atoms. The molecule has 0 unspecified atom stereocenters. The van der Waals surface area contributed by atoms with Gasteiger partial charge in [-0.15, -0.1) is 0 Å². The molecule has 0 saturated carbocycles. The van der Waals surface area contributed by atoms with Crippen LogP contribution in [0.3, 0.4) is 0 Å². The van der Waals surface area contributed by atoms with Crippen molar-refractivity contribution in [2.45, 2.75) is 26.9 Å². The van der Waals surface area contributed by atoms with E-state index in [0.29, 0.717) is 44.7 Å². The Morgan fingerprint density at radius 2 is 1.89 bits per heavy atom. The van der Waals surface area contributed by atoms with E-state index in [0.717, 1.165) is 22.4 Å². The molecular formula is C21H30N4O3. The van der Waals surface area contributed by atoms with Crippen LogP contribution in [0.5, 0.6) is 11.6 Å². The molecule has 152 valence electrons. The van der Waals surface area contributed by atoms with Gasteiger partial charge in [0.2, 0.25) is 5.88 Å². The number of hydrogen-bond donors (Lipinski definition) is 2. The standard InChI is InChI=1S/C21H30N4O3/c1-5-27-20-13-17(8-9-23-20)14-24-21(22-3)25-15-18-7-6-16(2)12-19(18)28-11-10-26-4/h6-9,12-13H,5,10-11,14-15H2,1-4H3,(H2,22,24,25). The van der Waals surface area contributed by atoms with Gasteiger partial charge in [0.25, 0.3) is 0 Å². The summed E-state index contributed by atoms with van der Waals surface area (Å²) in [5.74, 6) is 2.19. The van der Waals surface area contributed by atoms with Gasteiger partial charge in [-0.1, -0.05) is 12.1 Å². The largest absolute Gasteiger partial charge is 0.491 e. The number of ether oxygens (including phenoxy) is 3. The van der Waals surface area contributed by atoms with Gasteiger partial charge in [0, 0.05) is 45.1 Å². The lowest BCUT2D eigenvalue weighted by atomic mass is 10.1. The van der Waals surface area contributed by atoms with E-state index < -0.39 is 0 Å². The first-order valence-electron chi connectivity index (χ1n) is 9.39. The Morgan fingerprint density at radius 1 is 1.07 bits per heavy atom. The Morgan fingerprint density at radius 3 is 2.64 bits per heavy atom. The van der Waals surface area contributed by atoms with E-state index in [-0.39, 0.29) is 0 Å². The molecule has 2 aromatic rings. The second-order valence-corrected chi connectivity index (χ2v) is 6.17. The SMILES string of the molecule is CCOc1cc(CNC(=NC)NCc2ccc(C)cc2OCCOC)ccn1. The lowest BCUT2D eigenvalue weighted by Crippen LogP contribution is -2.36. The average Bonchev–Trinajstić information content (AvgIpc) is 2.70. The van der Waals surface area contributed by atoms with Crippen molar-refractivity contribution in [2.24, 2.45) is 4.99 Å². The minimum atomic E-state index is 0.518. The molecule has 1 aromatic carbocycles. The number of aryl methyl sites for hydroxylation is 1. The minimum Gasteiger partial charge on any atom is -0.491 e.